The maximum absolute atomic E-state index is 12.4. The molecule has 1 aliphatic rings. The molecule has 24 heavy (non-hydrogen) atoms. The standard InChI is InChI=1S/C19H23NO4/c1-22-13-16-7-8-17(24-16)18(21)20-14-19(9-11-23-12-10-19)15-5-3-2-4-6-15/h2-8H,9-14H2,1H3,(H,20,21). The van der Waals surface area contributed by atoms with Crippen molar-refractivity contribution in [3.05, 3.63) is 59.5 Å². The summed E-state index contributed by atoms with van der Waals surface area (Å²) in [6.07, 6.45) is 1.79. The summed E-state index contributed by atoms with van der Waals surface area (Å²) in [7, 11) is 1.59. The Labute approximate surface area is 141 Å². The highest BCUT2D eigenvalue weighted by atomic mass is 16.5. The molecule has 0 unspecified atom stereocenters. The highest BCUT2D eigenvalue weighted by Gasteiger charge is 2.35. The zero-order chi connectivity index (χ0) is 16.8. The third kappa shape index (κ3) is 3.68. The molecule has 1 N–H and O–H groups in total. The number of nitrogens with one attached hydrogen (secondary N) is 1. The molecular formula is C19H23NO4. The van der Waals surface area contributed by atoms with Crippen molar-refractivity contribution in [3.63, 3.8) is 0 Å². The number of ether oxygens (including phenoxy) is 2. The summed E-state index contributed by atoms with van der Waals surface area (Å²) in [4.78, 5) is 12.4. The first-order chi connectivity index (χ1) is 11.7. The van der Waals surface area contributed by atoms with Crippen LogP contribution in [0, 0.1) is 0 Å². The van der Waals surface area contributed by atoms with E-state index in [1.807, 2.05) is 18.2 Å². The van der Waals surface area contributed by atoms with Gasteiger partial charge in [0.1, 0.15) is 12.4 Å². The molecule has 1 aliphatic heterocycles. The molecule has 2 aromatic rings. The molecule has 0 spiro atoms. The molecule has 0 radical (unpaired) electrons. The number of rotatable bonds is 6. The van der Waals surface area contributed by atoms with Crippen LogP contribution in [0.4, 0.5) is 0 Å². The summed E-state index contributed by atoms with van der Waals surface area (Å²) in [5.41, 5.74) is 1.16. The van der Waals surface area contributed by atoms with Crippen LogP contribution in [0.3, 0.4) is 0 Å². The van der Waals surface area contributed by atoms with Crippen LogP contribution in [0.25, 0.3) is 0 Å². The van der Waals surface area contributed by atoms with Crippen LogP contribution in [0.1, 0.15) is 34.7 Å². The lowest BCUT2D eigenvalue weighted by molar-refractivity contribution is 0.0484. The Bertz CT molecular complexity index is 659. The van der Waals surface area contributed by atoms with Crippen LogP contribution in [0.2, 0.25) is 0 Å². The predicted molar refractivity (Wildman–Crippen MR) is 89.9 cm³/mol. The SMILES string of the molecule is COCc1ccc(C(=O)NCC2(c3ccccc3)CCOCC2)o1. The predicted octanol–water partition coefficient (Wildman–Crippen LogP) is 2.90. The van der Waals surface area contributed by atoms with Gasteiger partial charge in [0.2, 0.25) is 0 Å². The van der Waals surface area contributed by atoms with Crippen molar-refractivity contribution in [1.29, 1.82) is 0 Å². The Morgan fingerprint density at radius 1 is 1.17 bits per heavy atom. The molecule has 3 rings (SSSR count). The van der Waals surface area contributed by atoms with Gasteiger partial charge in [-0.2, -0.15) is 0 Å². The minimum atomic E-state index is -0.195. The van der Waals surface area contributed by atoms with E-state index >= 15 is 0 Å². The molecule has 1 aromatic carbocycles. The largest absolute Gasteiger partial charge is 0.453 e. The maximum atomic E-state index is 12.4. The van der Waals surface area contributed by atoms with E-state index < -0.39 is 0 Å². The molecular weight excluding hydrogens is 306 g/mol. The third-order valence-electron chi connectivity index (χ3n) is 4.60. The quantitative estimate of drug-likeness (QED) is 0.885. The van der Waals surface area contributed by atoms with Gasteiger partial charge in [0, 0.05) is 32.3 Å². The Morgan fingerprint density at radius 3 is 2.62 bits per heavy atom. The van der Waals surface area contributed by atoms with Crippen molar-refractivity contribution in [2.45, 2.75) is 24.9 Å². The van der Waals surface area contributed by atoms with Crippen LogP contribution in [0.15, 0.2) is 46.9 Å². The number of benzene rings is 1. The number of carbonyl (C=O) groups is 1. The smallest absolute Gasteiger partial charge is 0.287 e. The van der Waals surface area contributed by atoms with Crippen molar-refractivity contribution >= 4 is 5.91 Å². The first-order valence-electron chi connectivity index (χ1n) is 8.23. The van der Waals surface area contributed by atoms with Crippen LogP contribution in [-0.4, -0.2) is 32.8 Å². The minimum Gasteiger partial charge on any atom is -0.453 e. The third-order valence-corrected chi connectivity index (χ3v) is 4.60. The molecule has 1 amide bonds. The molecule has 1 aromatic heterocycles. The van der Waals surface area contributed by atoms with E-state index in [1.54, 1.807) is 19.2 Å². The molecule has 5 heteroatoms. The monoisotopic (exact) mass is 329 g/mol. The Morgan fingerprint density at radius 2 is 1.92 bits per heavy atom. The van der Waals surface area contributed by atoms with Gasteiger partial charge in [-0.1, -0.05) is 30.3 Å². The number of hydrogen-bond acceptors (Lipinski definition) is 4. The van der Waals surface area contributed by atoms with Crippen LogP contribution in [-0.2, 0) is 21.5 Å². The number of furan rings is 1. The first kappa shape index (κ1) is 16.7. The van der Waals surface area contributed by atoms with Gasteiger partial charge in [-0.3, -0.25) is 4.79 Å². The van der Waals surface area contributed by atoms with Gasteiger partial charge in [-0.15, -0.1) is 0 Å². The van der Waals surface area contributed by atoms with E-state index in [-0.39, 0.29) is 11.3 Å². The van der Waals surface area contributed by atoms with Gasteiger partial charge in [-0.25, -0.2) is 0 Å². The van der Waals surface area contributed by atoms with Gasteiger partial charge in [0.25, 0.3) is 5.91 Å². The zero-order valence-electron chi connectivity index (χ0n) is 13.9. The van der Waals surface area contributed by atoms with E-state index in [2.05, 4.69) is 17.4 Å². The topological polar surface area (TPSA) is 60.7 Å². The number of hydrogen-bond donors (Lipinski definition) is 1. The number of methoxy groups -OCH3 is 1. The van der Waals surface area contributed by atoms with Crippen molar-refractivity contribution in [3.8, 4) is 0 Å². The lowest BCUT2D eigenvalue weighted by atomic mass is 9.74. The van der Waals surface area contributed by atoms with Gasteiger partial charge in [0.05, 0.1) is 0 Å². The fourth-order valence-electron chi connectivity index (χ4n) is 3.18. The van der Waals surface area contributed by atoms with E-state index in [0.717, 1.165) is 12.8 Å². The summed E-state index contributed by atoms with van der Waals surface area (Å²) < 4.78 is 16.0. The first-order valence-corrected chi connectivity index (χ1v) is 8.23. The average molecular weight is 329 g/mol. The van der Waals surface area contributed by atoms with Gasteiger partial charge >= 0.3 is 0 Å². The van der Waals surface area contributed by atoms with Gasteiger partial charge in [-0.05, 0) is 30.5 Å². The summed E-state index contributed by atoms with van der Waals surface area (Å²) in [5, 5.41) is 3.03. The molecule has 0 bridgehead atoms. The molecule has 5 nitrogen and oxygen atoms in total. The lowest BCUT2D eigenvalue weighted by Crippen LogP contribution is -2.44. The molecule has 2 heterocycles. The highest BCUT2D eigenvalue weighted by molar-refractivity contribution is 5.91. The lowest BCUT2D eigenvalue weighted by Gasteiger charge is -2.37. The van der Waals surface area contributed by atoms with E-state index in [1.165, 1.54) is 5.56 Å². The Kier molecular flexibility index (Phi) is 5.33. The molecule has 0 saturated carbocycles. The summed E-state index contributed by atoms with van der Waals surface area (Å²) >= 11 is 0. The van der Waals surface area contributed by atoms with Gasteiger partial charge < -0.3 is 19.2 Å². The number of amides is 1. The second-order valence-electron chi connectivity index (χ2n) is 6.14. The van der Waals surface area contributed by atoms with Crippen molar-refractivity contribution < 1.29 is 18.7 Å². The fourth-order valence-corrected chi connectivity index (χ4v) is 3.18. The fraction of sp³-hybridized carbons (Fsp3) is 0.421. The van der Waals surface area contributed by atoms with Crippen molar-refractivity contribution in [1.82, 2.24) is 5.32 Å². The average Bonchev–Trinajstić information content (AvgIpc) is 3.10. The maximum Gasteiger partial charge on any atom is 0.287 e. The Hall–Kier alpha value is -2.11. The van der Waals surface area contributed by atoms with Crippen molar-refractivity contribution in [2.75, 3.05) is 26.9 Å². The molecule has 0 aliphatic carbocycles. The zero-order valence-corrected chi connectivity index (χ0v) is 13.9. The second kappa shape index (κ2) is 7.64. The summed E-state index contributed by atoms with van der Waals surface area (Å²) in [6, 6.07) is 13.8. The van der Waals surface area contributed by atoms with E-state index in [0.29, 0.717) is 37.9 Å². The summed E-state index contributed by atoms with van der Waals surface area (Å²) in [6.45, 7) is 2.35. The highest BCUT2D eigenvalue weighted by Crippen LogP contribution is 2.34. The van der Waals surface area contributed by atoms with Crippen LogP contribution >= 0.6 is 0 Å². The number of carbonyl (C=O) groups excluding carboxylic acids is 1. The van der Waals surface area contributed by atoms with E-state index in [4.69, 9.17) is 13.9 Å². The normalized spacial score (nSPS) is 16.7. The Balaban J connectivity index is 1.70. The molecule has 1 saturated heterocycles. The van der Waals surface area contributed by atoms with Crippen LogP contribution in [0.5, 0.6) is 0 Å². The molecule has 0 atom stereocenters. The minimum absolute atomic E-state index is 0.0862. The van der Waals surface area contributed by atoms with Crippen LogP contribution < -0.4 is 5.32 Å². The summed E-state index contributed by atoms with van der Waals surface area (Å²) in [5.74, 6) is 0.767. The second-order valence-corrected chi connectivity index (χ2v) is 6.14. The van der Waals surface area contributed by atoms with E-state index in [9.17, 15) is 4.79 Å². The van der Waals surface area contributed by atoms with Crippen molar-refractivity contribution in [2.24, 2.45) is 0 Å². The molecule has 128 valence electrons. The molecule has 1 fully saturated rings. The van der Waals surface area contributed by atoms with Gasteiger partial charge in [0.15, 0.2) is 5.76 Å².